The van der Waals surface area contributed by atoms with Crippen LogP contribution in [0.15, 0.2) is 42.5 Å². The summed E-state index contributed by atoms with van der Waals surface area (Å²) >= 11 is 0. The molecule has 0 saturated carbocycles. The van der Waals surface area contributed by atoms with Gasteiger partial charge in [0.25, 0.3) is 0 Å². The van der Waals surface area contributed by atoms with Crippen molar-refractivity contribution in [3.8, 4) is 17.3 Å². The first-order chi connectivity index (χ1) is 16.0. The van der Waals surface area contributed by atoms with E-state index in [-0.39, 0.29) is 0 Å². The van der Waals surface area contributed by atoms with E-state index < -0.39 is 0 Å². The van der Waals surface area contributed by atoms with E-state index in [0.29, 0.717) is 12.5 Å². The number of hydrogen-bond donors (Lipinski definition) is 0. The van der Waals surface area contributed by atoms with E-state index in [4.69, 9.17) is 14.7 Å². The van der Waals surface area contributed by atoms with E-state index in [1.807, 2.05) is 0 Å². The van der Waals surface area contributed by atoms with Gasteiger partial charge in [0.05, 0.1) is 5.69 Å². The first kappa shape index (κ1) is 24.8. The van der Waals surface area contributed by atoms with Crippen LogP contribution in [0.4, 0.5) is 5.69 Å². The molecule has 0 aliphatic heterocycles. The van der Waals surface area contributed by atoms with Crippen molar-refractivity contribution >= 4 is 5.69 Å². The Labute approximate surface area is 200 Å². The summed E-state index contributed by atoms with van der Waals surface area (Å²) in [7, 11) is 0. The number of benzene rings is 2. The minimum absolute atomic E-state index is 0.491. The normalized spacial score (nSPS) is 11.0. The van der Waals surface area contributed by atoms with Gasteiger partial charge in [-0.2, -0.15) is 4.98 Å². The molecule has 33 heavy (non-hydrogen) atoms. The zero-order valence-electron chi connectivity index (χ0n) is 21.2. The van der Waals surface area contributed by atoms with Crippen molar-refractivity contribution in [2.45, 2.75) is 73.8 Å². The van der Waals surface area contributed by atoms with Gasteiger partial charge in [-0.3, -0.25) is 0 Å². The molecule has 0 unspecified atom stereocenters. The van der Waals surface area contributed by atoms with Crippen molar-refractivity contribution in [3.05, 3.63) is 70.4 Å². The second-order valence-corrected chi connectivity index (χ2v) is 8.71. The summed E-state index contributed by atoms with van der Waals surface area (Å²) < 4.78 is 6.43. The van der Waals surface area contributed by atoms with Crippen molar-refractivity contribution in [1.29, 1.82) is 0 Å². The summed E-state index contributed by atoms with van der Waals surface area (Å²) in [5.41, 5.74) is 8.13. The van der Waals surface area contributed by atoms with Gasteiger partial charge in [0, 0.05) is 18.7 Å². The first-order valence-corrected chi connectivity index (χ1v) is 12.4. The summed E-state index contributed by atoms with van der Waals surface area (Å²) in [6.45, 7) is 15.4. The summed E-state index contributed by atoms with van der Waals surface area (Å²) in [6, 6.07) is 15.0. The third-order valence-corrected chi connectivity index (χ3v) is 6.05. The third-order valence-electron chi connectivity index (χ3n) is 6.05. The molecular formula is C29H39N3O. The molecule has 4 heteroatoms. The largest absolute Gasteiger partial charge is 0.471 e. The second kappa shape index (κ2) is 11.8. The van der Waals surface area contributed by atoms with E-state index in [9.17, 15) is 0 Å². The molecule has 0 aliphatic rings. The van der Waals surface area contributed by atoms with Crippen LogP contribution in [0.25, 0.3) is 11.4 Å². The van der Waals surface area contributed by atoms with E-state index in [1.54, 1.807) is 0 Å². The molecule has 1 aromatic heterocycles. The average molecular weight is 446 g/mol. The molecule has 4 nitrogen and oxygen atoms in total. The Morgan fingerprint density at radius 1 is 0.788 bits per heavy atom. The molecule has 0 amide bonds. The third kappa shape index (κ3) is 5.93. The van der Waals surface area contributed by atoms with Crippen molar-refractivity contribution in [3.63, 3.8) is 0 Å². The lowest BCUT2D eigenvalue weighted by Crippen LogP contribution is -2.27. The van der Waals surface area contributed by atoms with Crippen LogP contribution in [-0.2, 0) is 19.4 Å². The molecule has 0 aliphatic carbocycles. The maximum atomic E-state index is 6.43. The zero-order chi connectivity index (χ0) is 23.8. The first-order valence-electron chi connectivity index (χ1n) is 12.4. The van der Waals surface area contributed by atoms with Gasteiger partial charge in [-0.25, -0.2) is 4.98 Å². The maximum absolute atomic E-state index is 6.43. The molecule has 0 radical (unpaired) electrons. The Kier molecular flexibility index (Phi) is 8.87. The standard InChI is InChI=1S/C29H39N3O/c1-7-18-32(19-8-2)27-22(6)30-28(26-24(9-3)12-11-13-25(26)10-4)31-29(27)33-20-23-16-14-21(5)15-17-23/h11-17H,7-10,18-20H2,1-6H3. The molecule has 2 aromatic carbocycles. The summed E-state index contributed by atoms with van der Waals surface area (Å²) in [6.07, 6.45) is 4.03. The maximum Gasteiger partial charge on any atom is 0.241 e. The van der Waals surface area contributed by atoms with E-state index in [2.05, 4.69) is 88.9 Å². The fourth-order valence-corrected chi connectivity index (χ4v) is 4.36. The SMILES string of the molecule is CCCN(CCC)c1c(C)nc(-c2c(CC)cccc2CC)nc1OCc1ccc(C)cc1. The van der Waals surface area contributed by atoms with E-state index in [0.717, 1.165) is 67.1 Å². The fourth-order valence-electron chi connectivity index (χ4n) is 4.36. The Balaban J connectivity index is 2.12. The van der Waals surface area contributed by atoms with Crippen LogP contribution in [0.3, 0.4) is 0 Å². The van der Waals surface area contributed by atoms with Gasteiger partial charge in [-0.1, -0.05) is 75.7 Å². The lowest BCUT2D eigenvalue weighted by atomic mass is 9.97. The number of rotatable bonds is 11. The molecule has 0 spiro atoms. The molecule has 1 heterocycles. The number of anilines is 1. The van der Waals surface area contributed by atoms with Crippen molar-refractivity contribution in [1.82, 2.24) is 9.97 Å². The summed E-state index contributed by atoms with van der Waals surface area (Å²) in [5.74, 6) is 1.46. The summed E-state index contributed by atoms with van der Waals surface area (Å²) in [5, 5.41) is 0. The average Bonchev–Trinajstić information content (AvgIpc) is 2.82. The lowest BCUT2D eigenvalue weighted by Gasteiger charge is -2.27. The molecule has 0 atom stereocenters. The van der Waals surface area contributed by atoms with Gasteiger partial charge < -0.3 is 9.64 Å². The van der Waals surface area contributed by atoms with Crippen LogP contribution in [0, 0.1) is 13.8 Å². The molecule has 176 valence electrons. The predicted molar refractivity (Wildman–Crippen MR) is 139 cm³/mol. The molecule has 0 N–H and O–H groups in total. The van der Waals surface area contributed by atoms with Crippen LogP contribution in [0.2, 0.25) is 0 Å². The van der Waals surface area contributed by atoms with Crippen molar-refractivity contribution < 1.29 is 4.74 Å². The van der Waals surface area contributed by atoms with Crippen LogP contribution < -0.4 is 9.64 Å². The minimum Gasteiger partial charge on any atom is -0.471 e. The highest BCUT2D eigenvalue weighted by molar-refractivity contribution is 5.69. The Morgan fingerprint density at radius 3 is 1.94 bits per heavy atom. The zero-order valence-corrected chi connectivity index (χ0v) is 21.2. The van der Waals surface area contributed by atoms with Crippen molar-refractivity contribution in [2.75, 3.05) is 18.0 Å². The highest BCUT2D eigenvalue weighted by Gasteiger charge is 2.21. The van der Waals surface area contributed by atoms with Crippen LogP contribution in [0.5, 0.6) is 5.88 Å². The second-order valence-electron chi connectivity index (χ2n) is 8.71. The smallest absolute Gasteiger partial charge is 0.241 e. The molecule has 0 saturated heterocycles. The lowest BCUT2D eigenvalue weighted by molar-refractivity contribution is 0.293. The quantitative estimate of drug-likeness (QED) is 0.316. The number of aryl methyl sites for hydroxylation is 4. The summed E-state index contributed by atoms with van der Waals surface area (Å²) in [4.78, 5) is 12.5. The Hall–Kier alpha value is -2.88. The van der Waals surface area contributed by atoms with E-state index >= 15 is 0 Å². The predicted octanol–water partition coefficient (Wildman–Crippen LogP) is 7.09. The van der Waals surface area contributed by atoms with Crippen LogP contribution in [-0.4, -0.2) is 23.1 Å². The molecule has 0 bridgehead atoms. The highest BCUT2D eigenvalue weighted by atomic mass is 16.5. The van der Waals surface area contributed by atoms with Gasteiger partial charge in [0.2, 0.25) is 5.88 Å². The molecule has 3 rings (SSSR count). The number of ether oxygens (including phenoxy) is 1. The molecular weight excluding hydrogens is 406 g/mol. The monoisotopic (exact) mass is 445 g/mol. The van der Waals surface area contributed by atoms with Crippen molar-refractivity contribution in [2.24, 2.45) is 0 Å². The molecule has 0 fully saturated rings. The van der Waals surface area contributed by atoms with E-state index in [1.165, 1.54) is 16.7 Å². The Bertz CT molecular complexity index is 1020. The minimum atomic E-state index is 0.491. The van der Waals surface area contributed by atoms with Gasteiger partial charge in [-0.15, -0.1) is 0 Å². The van der Waals surface area contributed by atoms with Crippen LogP contribution in [0.1, 0.15) is 68.5 Å². The number of nitrogens with zero attached hydrogens (tertiary/aromatic N) is 3. The number of hydrogen-bond acceptors (Lipinski definition) is 4. The Morgan fingerprint density at radius 2 is 1.39 bits per heavy atom. The van der Waals surface area contributed by atoms with Gasteiger partial charge in [-0.05, 0) is 56.2 Å². The van der Waals surface area contributed by atoms with Gasteiger partial charge >= 0.3 is 0 Å². The molecule has 3 aromatic rings. The van der Waals surface area contributed by atoms with Gasteiger partial charge in [0.1, 0.15) is 12.3 Å². The number of aromatic nitrogens is 2. The highest BCUT2D eigenvalue weighted by Crippen LogP contribution is 2.35. The van der Waals surface area contributed by atoms with Gasteiger partial charge in [0.15, 0.2) is 5.82 Å². The fraction of sp³-hybridized carbons (Fsp3) is 0.448. The topological polar surface area (TPSA) is 38.2 Å². The van der Waals surface area contributed by atoms with Crippen LogP contribution >= 0.6 is 0 Å².